The van der Waals surface area contributed by atoms with Crippen LogP contribution in [0.3, 0.4) is 0 Å². The minimum absolute atomic E-state index is 0.418. The van der Waals surface area contributed by atoms with Gasteiger partial charge in [-0.25, -0.2) is 0 Å². The van der Waals surface area contributed by atoms with Crippen molar-refractivity contribution in [2.75, 3.05) is 19.8 Å². The summed E-state index contributed by atoms with van der Waals surface area (Å²) in [5, 5.41) is 3.73. The highest BCUT2D eigenvalue weighted by atomic mass is 16.5. The van der Waals surface area contributed by atoms with E-state index in [0.29, 0.717) is 12.0 Å². The number of fused-ring (bicyclic) bond motifs is 1. The number of hydrogen-bond donors (Lipinski definition) is 1. The number of rotatable bonds is 5. The number of ether oxygens (including phenoxy) is 2. The molecule has 1 aromatic rings. The van der Waals surface area contributed by atoms with Crippen LogP contribution in [0.5, 0.6) is 0 Å². The second-order valence-corrected chi connectivity index (χ2v) is 5.93. The molecule has 1 N–H and O–H groups in total. The third-order valence-corrected chi connectivity index (χ3v) is 4.39. The lowest BCUT2D eigenvalue weighted by Crippen LogP contribution is -2.34. The van der Waals surface area contributed by atoms with Crippen molar-refractivity contribution in [1.82, 2.24) is 5.32 Å². The molecule has 20 heavy (non-hydrogen) atoms. The predicted molar refractivity (Wildman–Crippen MR) is 79.5 cm³/mol. The maximum Gasteiger partial charge on any atom is 0.0725 e. The lowest BCUT2D eigenvalue weighted by molar-refractivity contribution is 0.0390. The molecule has 0 bridgehead atoms. The van der Waals surface area contributed by atoms with Crippen molar-refractivity contribution in [3.63, 3.8) is 0 Å². The molecule has 0 spiro atoms. The zero-order valence-corrected chi connectivity index (χ0v) is 12.4. The van der Waals surface area contributed by atoms with Gasteiger partial charge in [-0.15, -0.1) is 0 Å². The second-order valence-electron chi connectivity index (χ2n) is 5.93. The Morgan fingerprint density at radius 3 is 2.95 bits per heavy atom. The van der Waals surface area contributed by atoms with Crippen molar-refractivity contribution in [3.05, 3.63) is 34.9 Å². The molecule has 2 unspecified atom stereocenters. The van der Waals surface area contributed by atoms with E-state index in [0.717, 1.165) is 39.4 Å². The van der Waals surface area contributed by atoms with E-state index in [9.17, 15) is 0 Å². The molecule has 0 aliphatic carbocycles. The van der Waals surface area contributed by atoms with E-state index in [-0.39, 0.29) is 0 Å². The quantitative estimate of drug-likeness (QED) is 0.895. The molecule has 2 heterocycles. The highest BCUT2D eigenvalue weighted by Gasteiger charge is 2.26. The van der Waals surface area contributed by atoms with Gasteiger partial charge in [0.1, 0.15) is 0 Å². The van der Waals surface area contributed by atoms with E-state index >= 15 is 0 Å². The number of hydrogen-bond acceptors (Lipinski definition) is 3. The predicted octanol–water partition coefficient (Wildman–Crippen LogP) is 3.18. The summed E-state index contributed by atoms with van der Waals surface area (Å²) in [4.78, 5) is 0. The first-order valence-electron chi connectivity index (χ1n) is 7.89. The van der Waals surface area contributed by atoms with Crippen LogP contribution in [0.15, 0.2) is 18.2 Å². The third kappa shape index (κ3) is 3.05. The minimum atomic E-state index is 0.418. The maximum absolute atomic E-state index is 5.69. The van der Waals surface area contributed by atoms with Gasteiger partial charge in [-0.1, -0.05) is 25.1 Å². The normalized spacial score (nSPS) is 23.6. The van der Waals surface area contributed by atoms with Crippen LogP contribution in [0.1, 0.15) is 48.9 Å². The van der Waals surface area contributed by atoms with Gasteiger partial charge in [0, 0.05) is 18.6 Å². The van der Waals surface area contributed by atoms with E-state index in [2.05, 4.69) is 30.4 Å². The van der Waals surface area contributed by atoms with Gasteiger partial charge in [-0.05, 0) is 42.5 Å². The Morgan fingerprint density at radius 1 is 1.25 bits per heavy atom. The van der Waals surface area contributed by atoms with Gasteiger partial charge in [0.2, 0.25) is 0 Å². The largest absolute Gasteiger partial charge is 0.381 e. The third-order valence-electron chi connectivity index (χ3n) is 4.39. The van der Waals surface area contributed by atoms with Crippen LogP contribution in [-0.4, -0.2) is 19.8 Å². The number of benzene rings is 1. The molecular formula is C17H25NO2. The maximum atomic E-state index is 5.69. The molecule has 1 aromatic carbocycles. The van der Waals surface area contributed by atoms with Crippen LogP contribution >= 0.6 is 0 Å². The Morgan fingerprint density at radius 2 is 2.15 bits per heavy atom. The molecule has 2 atom stereocenters. The topological polar surface area (TPSA) is 30.5 Å². The summed E-state index contributed by atoms with van der Waals surface area (Å²) in [6.45, 7) is 6.64. The lowest BCUT2D eigenvalue weighted by atomic mass is 9.87. The molecule has 1 saturated heterocycles. The van der Waals surface area contributed by atoms with Gasteiger partial charge in [0.05, 0.1) is 19.8 Å². The van der Waals surface area contributed by atoms with E-state index < -0.39 is 0 Å². The average molecular weight is 275 g/mol. The highest BCUT2D eigenvalue weighted by molar-refractivity contribution is 5.35. The smallest absolute Gasteiger partial charge is 0.0725 e. The van der Waals surface area contributed by atoms with Crippen LogP contribution in [0, 0.1) is 5.92 Å². The van der Waals surface area contributed by atoms with E-state index in [1.807, 2.05) is 0 Å². The minimum Gasteiger partial charge on any atom is -0.381 e. The molecule has 2 aliphatic rings. The molecule has 3 heteroatoms. The first kappa shape index (κ1) is 14.1. The molecule has 0 amide bonds. The highest BCUT2D eigenvalue weighted by Crippen LogP contribution is 2.31. The summed E-state index contributed by atoms with van der Waals surface area (Å²) in [7, 11) is 0. The zero-order valence-electron chi connectivity index (χ0n) is 12.4. The van der Waals surface area contributed by atoms with Gasteiger partial charge in [0.15, 0.2) is 0 Å². The van der Waals surface area contributed by atoms with Crippen molar-refractivity contribution in [3.8, 4) is 0 Å². The van der Waals surface area contributed by atoms with E-state index in [1.165, 1.54) is 29.5 Å². The molecule has 110 valence electrons. The zero-order chi connectivity index (χ0) is 13.8. The monoisotopic (exact) mass is 275 g/mol. The Labute approximate surface area is 121 Å². The van der Waals surface area contributed by atoms with E-state index in [1.54, 1.807) is 0 Å². The summed E-state index contributed by atoms with van der Waals surface area (Å²) >= 11 is 0. The van der Waals surface area contributed by atoms with Crippen LogP contribution < -0.4 is 5.32 Å². The molecule has 3 nitrogen and oxygen atoms in total. The lowest BCUT2D eigenvalue weighted by Gasteiger charge is -2.31. The van der Waals surface area contributed by atoms with Crippen LogP contribution in [-0.2, 0) is 22.7 Å². The summed E-state index contributed by atoms with van der Waals surface area (Å²) in [6, 6.07) is 7.27. The van der Waals surface area contributed by atoms with Gasteiger partial charge in [-0.3, -0.25) is 0 Å². The summed E-state index contributed by atoms with van der Waals surface area (Å²) < 4.78 is 11.2. The molecule has 3 rings (SSSR count). The van der Waals surface area contributed by atoms with Gasteiger partial charge in [-0.2, -0.15) is 0 Å². The molecule has 0 aromatic heterocycles. The van der Waals surface area contributed by atoms with E-state index in [4.69, 9.17) is 9.47 Å². The van der Waals surface area contributed by atoms with Gasteiger partial charge in [0.25, 0.3) is 0 Å². The Hall–Kier alpha value is -0.900. The number of nitrogens with one attached hydrogen (secondary N) is 1. The van der Waals surface area contributed by atoms with Crippen LogP contribution in [0.2, 0.25) is 0 Å². The fraction of sp³-hybridized carbons (Fsp3) is 0.647. The van der Waals surface area contributed by atoms with Crippen molar-refractivity contribution < 1.29 is 9.47 Å². The Kier molecular flexibility index (Phi) is 4.71. The van der Waals surface area contributed by atoms with Crippen LogP contribution in [0.25, 0.3) is 0 Å². The Bertz CT molecular complexity index is 441. The van der Waals surface area contributed by atoms with Crippen molar-refractivity contribution >= 4 is 0 Å². The van der Waals surface area contributed by atoms with Crippen molar-refractivity contribution in [2.24, 2.45) is 5.92 Å². The van der Waals surface area contributed by atoms with Crippen molar-refractivity contribution in [2.45, 2.75) is 45.4 Å². The SMILES string of the molecule is CCCNC(c1ccc2c(c1)COC2)C1CCCOC1. The standard InChI is InChI=1S/C17H25NO2/c1-2-7-18-17(15-4-3-8-19-11-15)13-5-6-14-10-20-12-16(14)9-13/h5-6,9,15,17-18H,2-4,7-8,10-12H2,1H3. The van der Waals surface area contributed by atoms with Gasteiger partial charge < -0.3 is 14.8 Å². The fourth-order valence-corrected chi connectivity index (χ4v) is 3.27. The van der Waals surface area contributed by atoms with Crippen molar-refractivity contribution in [1.29, 1.82) is 0 Å². The average Bonchev–Trinajstić information content (AvgIpc) is 2.96. The summed E-state index contributed by atoms with van der Waals surface area (Å²) in [5.74, 6) is 0.593. The molecule has 2 aliphatic heterocycles. The summed E-state index contributed by atoms with van der Waals surface area (Å²) in [5.41, 5.74) is 4.11. The first-order chi connectivity index (χ1) is 9.88. The molecule has 0 radical (unpaired) electrons. The fourth-order valence-electron chi connectivity index (χ4n) is 3.27. The first-order valence-corrected chi connectivity index (χ1v) is 7.89. The second kappa shape index (κ2) is 6.70. The van der Waals surface area contributed by atoms with Gasteiger partial charge >= 0.3 is 0 Å². The molecule has 1 fully saturated rings. The Balaban J connectivity index is 1.80. The molecular weight excluding hydrogens is 250 g/mol. The molecule has 0 saturated carbocycles. The van der Waals surface area contributed by atoms with Crippen LogP contribution in [0.4, 0.5) is 0 Å². The summed E-state index contributed by atoms with van der Waals surface area (Å²) in [6.07, 6.45) is 3.61.